The van der Waals surface area contributed by atoms with Crippen LogP contribution in [-0.2, 0) is 5.41 Å². The molecule has 86 valence electrons. The molecule has 1 heterocycles. The lowest BCUT2D eigenvalue weighted by atomic mass is 9.70. The van der Waals surface area contributed by atoms with Crippen molar-refractivity contribution in [3.63, 3.8) is 0 Å². The van der Waals surface area contributed by atoms with Crippen LogP contribution >= 0.6 is 0 Å². The zero-order valence-electron chi connectivity index (χ0n) is 10.0. The molecule has 3 N–H and O–H groups in total. The number of hydrazine groups is 1. The van der Waals surface area contributed by atoms with E-state index in [1.165, 1.54) is 24.1 Å². The lowest BCUT2D eigenvalue weighted by molar-refractivity contribution is 0.227. The number of hydrogen-bond donors (Lipinski definition) is 2. The van der Waals surface area contributed by atoms with E-state index in [0.29, 0.717) is 11.9 Å². The smallest absolute Gasteiger partial charge is 0.237 e. The van der Waals surface area contributed by atoms with Crippen LogP contribution in [0, 0.1) is 5.41 Å². The van der Waals surface area contributed by atoms with Crippen LogP contribution in [0.3, 0.4) is 0 Å². The van der Waals surface area contributed by atoms with E-state index in [1.54, 1.807) is 0 Å². The molecule has 16 heavy (non-hydrogen) atoms. The van der Waals surface area contributed by atoms with Gasteiger partial charge in [-0.3, -0.25) is 5.43 Å². The van der Waals surface area contributed by atoms with Gasteiger partial charge in [0, 0.05) is 11.6 Å². The Morgan fingerprint density at radius 2 is 2.19 bits per heavy atom. The predicted octanol–water partition coefficient (Wildman–Crippen LogP) is 1.94. The van der Waals surface area contributed by atoms with Crippen LogP contribution in [0.1, 0.15) is 50.8 Å². The van der Waals surface area contributed by atoms with E-state index in [4.69, 9.17) is 5.84 Å². The van der Waals surface area contributed by atoms with Crippen molar-refractivity contribution in [3.05, 3.63) is 17.5 Å². The molecule has 0 unspecified atom stereocenters. The third-order valence-electron chi connectivity index (χ3n) is 5.07. The summed E-state index contributed by atoms with van der Waals surface area (Å²) in [7, 11) is 0. The standard InChI is InChI=1S/C12H18N4/c1-11(2)8-4-5-12(11,3)9-7(8)6-14-10(15-9)16-13/h6,8H,4-5,13H2,1-3H3,(H,14,15,16)/t8-,12+/m0/s1. The van der Waals surface area contributed by atoms with Gasteiger partial charge in [-0.05, 0) is 29.7 Å². The van der Waals surface area contributed by atoms with Crippen molar-refractivity contribution < 1.29 is 0 Å². The van der Waals surface area contributed by atoms with Crippen molar-refractivity contribution in [3.8, 4) is 0 Å². The van der Waals surface area contributed by atoms with Crippen molar-refractivity contribution >= 4 is 5.95 Å². The second kappa shape index (κ2) is 2.74. The molecule has 4 heteroatoms. The monoisotopic (exact) mass is 218 g/mol. The first-order valence-corrected chi connectivity index (χ1v) is 5.85. The highest BCUT2D eigenvalue weighted by molar-refractivity contribution is 5.46. The third-order valence-corrected chi connectivity index (χ3v) is 5.07. The van der Waals surface area contributed by atoms with Gasteiger partial charge >= 0.3 is 0 Å². The molecule has 0 amide bonds. The Labute approximate surface area is 95.6 Å². The number of nitrogens with two attached hydrogens (primary N) is 1. The van der Waals surface area contributed by atoms with Gasteiger partial charge in [0.25, 0.3) is 0 Å². The molecule has 2 bridgehead atoms. The molecule has 1 aromatic heterocycles. The maximum absolute atomic E-state index is 5.38. The Hall–Kier alpha value is -1.16. The fourth-order valence-corrected chi connectivity index (χ4v) is 3.63. The van der Waals surface area contributed by atoms with E-state index in [1.807, 2.05) is 6.20 Å². The molecule has 2 aliphatic carbocycles. The first kappa shape index (κ1) is 10.0. The van der Waals surface area contributed by atoms with Crippen LogP contribution in [0.2, 0.25) is 0 Å². The molecule has 3 rings (SSSR count). The summed E-state index contributed by atoms with van der Waals surface area (Å²) in [5, 5.41) is 0. The van der Waals surface area contributed by atoms with E-state index in [2.05, 4.69) is 36.2 Å². The summed E-state index contributed by atoms with van der Waals surface area (Å²) in [5.41, 5.74) is 5.55. The van der Waals surface area contributed by atoms with Gasteiger partial charge in [-0.2, -0.15) is 0 Å². The van der Waals surface area contributed by atoms with Gasteiger partial charge < -0.3 is 0 Å². The van der Waals surface area contributed by atoms with E-state index >= 15 is 0 Å². The van der Waals surface area contributed by atoms with Gasteiger partial charge in [-0.15, -0.1) is 0 Å². The van der Waals surface area contributed by atoms with Crippen LogP contribution < -0.4 is 11.3 Å². The molecule has 4 nitrogen and oxygen atoms in total. The second-order valence-electron chi connectivity index (χ2n) is 5.79. The number of rotatable bonds is 1. The Bertz CT molecular complexity index is 454. The number of anilines is 1. The summed E-state index contributed by atoms with van der Waals surface area (Å²) in [4.78, 5) is 8.81. The minimum atomic E-state index is 0.182. The third kappa shape index (κ3) is 0.895. The zero-order valence-corrected chi connectivity index (χ0v) is 10.0. The number of nitrogens with zero attached hydrogens (tertiary/aromatic N) is 2. The van der Waals surface area contributed by atoms with Crippen molar-refractivity contribution in [1.82, 2.24) is 9.97 Å². The highest BCUT2D eigenvalue weighted by atomic mass is 15.3. The summed E-state index contributed by atoms with van der Waals surface area (Å²) in [6, 6.07) is 0. The van der Waals surface area contributed by atoms with Crippen LogP contribution in [0.4, 0.5) is 5.95 Å². The fraction of sp³-hybridized carbons (Fsp3) is 0.667. The molecular weight excluding hydrogens is 200 g/mol. The number of aromatic nitrogens is 2. The van der Waals surface area contributed by atoms with Crippen molar-refractivity contribution in [1.29, 1.82) is 0 Å². The van der Waals surface area contributed by atoms with Crippen LogP contribution in [0.5, 0.6) is 0 Å². The van der Waals surface area contributed by atoms with Gasteiger partial charge in [0.05, 0.1) is 5.69 Å². The number of hydrogen-bond acceptors (Lipinski definition) is 4. The molecule has 0 aliphatic heterocycles. The summed E-state index contributed by atoms with van der Waals surface area (Å²) in [6.07, 6.45) is 4.43. The van der Waals surface area contributed by atoms with Crippen molar-refractivity contribution in [2.24, 2.45) is 11.3 Å². The summed E-state index contributed by atoms with van der Waals surface area (Å²) >= 11 is 0. The SMILES string of the molecule is CC1(C)[C@H]2CC[C@]1(C)c1nc(NN)ncc12. The van der Waals surface area contributed by atoms with Gasteiger partial charge in [-0.1, -0.05) is 20.8 Å². The minimum Gasteiger partial charge on any atom is -0.292 e. The van der Waals surface area contributed by atoms with E-state index in [0.717, 1.165) is 0 Å². The lowest BCUT2D eigenvalue weighted by Crippen LogP contribution is -2.32. The number of nitrogens with one attached hydrogen (secondary N) is 1. The van der Waals surface area contributed by atoms with Crippen LogP contribution in [0.25, 0.3) is 0 Å². The lowest BCUT2D eigenvalue weighted by Gasteiger charge is -2.34. The van der Waals surface area contributed by atoms with Gasteiger partial charge in [0.1, 0.15) is 0 Å². The predicted molar refractivity (Wildman–Crippen MR) is 63.0 cm³/mol. The average Bonchev–Trinajstić information content (AvgIpc) is 2.59. The summed E-state index contributed by atoms with van der Waals surface area (Å²) in [5.74, 6) is 6.52. The normalized spacial score (nSPS) is 33.9. The second-order valence-corrected chi connectivity index (χ2v) is 5.79. The van der Waals surface area contributed by atoms with E-state index in [-0.39, 0.29) is 10.8 Å². The number of nitrogen functional groups attached to an aromatic ring is 1. The highest BCUT2D eigenvalue weighted by Crippen LogP contribution is 2.66. The van der Waals surface area contributed by atoms with Crippen molar-refractivity contribution in [2.75, 3.05) is 5.43 Å². The molecule has 0 saturated heterocycles. The topological polar surface area (TPSA) is 63.8 Å². The minimum absolute atomic E-state index is 0.182. The summed E-state index contributed by atoms with van der Waals surface area (Å²) in [6.45, 7) is 7.02. The number of fused-ring (bicyclic) bond motifs is 5. The van der Waals surface area contributed by atoms with Crippen LogP contribution in [-0.4, -0.2) is 9.97 Å². The molecule has 1 saturated carbocycles. The Morgan fingerprint density at radius 1 is 1.44 bits per heavy atom. The van der Waals surface area contributed by atoms with Crippen molar-refractivity contribution in [2.45, 2.75) is 44.9 Å². The summed E-state index contributed by atoms with van der Waals surface area (Å²) < 4.78 is 0. The Kier molecular flexibility index (Phi) is 1.72. The largest absolute Gasteiger partial charge is 0.292 e. The molecule has 2 aliphatic rings. The van der Waals surface area contributed by atoms with Gasteiger partial charge in [0.15, 0.2) is 0 Å². The molecule has 1 fully saturated rings. The van der Waals surface area contributed by atoms with Gasteiger partial charge in [0.2, 0.25) is 5.95 Å². The molecular formula is C12H18N4. The highest BCUT2D eigenvalue weighted by Gasteiger charge is 2.60. The van der Waals surface area contributed by atoms with E-state index in [9.17, 15) is 0 Å². The maximum atomic E-state index is 5.38. The molecule has 0 aromatic carbocycles. The first-order chi connectivity index (χ1) is 7.50. The quantitative estimate of drug-likeness (QED) is 0.558. The average molecular weight is 218 g/mol. The molecule has 0 spiro atoms. The van der Waals surface area contributed by atoms with Crippen LogP contribution in [0.15, 0.2) is 6.20 Å². The van der Waals surface area contributed by atoms with Gasteiger partial charge in [-0.25, -0.2) is 15.8 Å². The Morgan fingerprint density at radius 3 is 2.88 bits per heavy atom. The Balaban J connectivity index is 2.23. The maximum Gasteiger partial charge on any atom is 0.237 e. The zero-order chi connectivity index (χ0) is 11.6. The molecule has 1 aromatic rings. The first-order valence-electron chi connectivity index (χ1n) is 5.85. The fourth-order valence-electron chi connectivity index (χ4n) is 3.63. The molecule has 0 radical (unpaired) electrons. The molecule has 2 atom stereocenters. The van der Waals surface area contributed by atoms with E-state index < -0.39 is 0 Å².